The molecule has 2 amide bonds. The van der Waals surface area contributed by atoms with Gasteiger partial charge < -0.3 is 14.5 Å². The Morgan fingerprint density at radius 1 is 1.00 bits per heavy atom. The molecule has 1 fully saturated rings. The van der Waals surface area contributed by atoms with Gasteiger partial charge in [-0.2, -0.15) is 4.72 Å². The summed E-state index contributed by atoms with van der Waals surface area (Å²) in [6.07, 6.45) is -0.282. The summed E-state index contributed by atoms with van der Waals surface area (Å²) in [4.78, 5) is 28.1. The summed E-state index contributed by atoms with van der Waals surface area (Å²) in [5.74, 6) is -0.941. The van der Waals surface area contributed by atoms with Crippen LogP contribution in [0.1, 0.15) is 12.5 Å². The van der Waals surface area contributed by atoms with E-state index in [4.69, 9.17) is 4.74 Å². The lowest BCUT2D eigenvalue weighted by Crippen LogP contribution is -2.56. The zero-order chi connectivity index (χ0) is 23.1. The van der Waals surface area contributed by atoms with Gasteiger partial charge in [0, 0.05) is 26.2 Å². The highest BCUT2D eigenvalue weighted by Crippen LogP contribution is 2.15. The number of rotatable bonds is 7. The van der Waals surface area contributed by atoms with E-state index in [1.807, 2.05) is 30.3 Å². The molecule has 2 aromatic carbocycles. The minimum atomic E-state index is -4.06. The number of nitrogens with one attached hydrogen (secondary N) is 1. The van der Waals surface area contributed by atoms with E-state index in [1.54, 1.807) is 6.92 Å². The number of hydrogen-bond donors (Lipinski definition) is 1. The van der Waals surface area contributed by atoms with Gasteiger partial charge >= 0.3 is 6.09 Å². The predicted molar refractivity (Wildman–Crippen MR) is 116 cm³/mol. The van der Waals surface area contributed by atoms with Crippen molar-refractivity contribution in [2.45, 2.75) is 24.3 Å². The first-order chi connectivity index (χ1) is 15.3. The molecule has 1 N–H and O–H groups in total. The molecule has 0 spiro atoms. The number of piperazine rings is 1. The van der Waals surface area contributed by atoms with Crippen molar-refractivity contribution in [2.24, 2.45) is 0 Å². The summed E-state index contributed by atoms with van der Waals surface area (Å²) in [6, 6.07) is 12.4. The van der Waals surface area contributed by atoms with Crippen LogP contribution in [0, 0.1) is 5.82 Å². The Kier molecular flexibility index (Phi) is 7.81. The number of benzene rings is 2. The van der Waals surface area contributed by atoms with Gasteiger partial charge in [-0.25, -0.2) is 17.6 Å². The Morgan fingerprint density at radius 2 is 1.59 bits per heavy atom. The van der Waals surface area contributed by atoms with E-state index in [1.165, 1.54) is 9.80 Å². The molecular weight excluding hydrogens is 437 g/mol. The van der Waals surface area contributed by atoms with E-state index in [9.17, 15) is 22.4 Å². The van der Waals surface area contributed by atoms with Gasteiger partial charge in [0.1, 0.15) is 11.9 Å². The van der Waals surface area contributed by atoms with E-state index in [2.05, 4.69) is 4.72 Å². The summed E-state index contributed by atoms with van der Waals surface area (Å²) in [6.45, 7) is 3.12. The second-order valence-corrected chi connectivity index (χ2v) is 9.04. The van der Waals surface area contributed by atoms with Crippen LogP contribution >= 0.6 is 0 Å². The van der Waals surface area contributed by atoms with Gasteiger partial charge in [-0.05, 0) is 43.2 Å². The average molecular weight is 464 g/mol. The number of carbonyl (C=O) groups is 2. The minimum Gasteiger partial charge on any atom is -0.450 e. The van der Waals surface area contributed by atoms with Crippen molar-refractivity contribution >= 4 is 22.0 Å². The van der Waals surface area contributed by atoms with Crippen LogP contribution in [0.4, 0.5) is 9.18 Å². The zero-order valence-corrected chi connectivity index (χ0v) is 18.6. The van der Waals surface area contributed by atoms with E-state index < -0.39 is 28.0 Å². The maximum atomic E-state index is 13.3. The fourth-order valence-electron chi connectivity index (χ4n) is 3.44. The largest absolute Gasteiger partial charge is 0.450 e. The van der Waals surface area contributed by atoms with E-state index in [0.717, 1.165) is 29.8 Å². The summed E-state index contributed by atoms with van der Waals surface area (Å²) in [5, 5.41) is 0. The summed E-state index contributed by atoms with van der Waals surface area (Å²) >= 11 is 0. The molecule has 0 unspecified atom stereocenters. The van der Waals surface area contributed by atoms with Crippen LogP contribution in [0.15, 0.2) is 59.5 Å². The smallest absolute Gasteiger partial charge is 0.409 e. The lowest BCUT2D eigenvalue weighted by Gasteiger charge is -2.36. The first-order valence-electron chi connectivity index (χ1n) is 10.3. The highest BCUT2D eigenvalue weighted by molar-refractivity contribution is 7.89. The van der Waals surface area contributed by atoms with E-state index >= 15 is 0 Å². The molecule has 172 valence electrons. The van der Waals surface area contributed by atoms with Crippen LogP contribution in [0.25, 0.3) is 0 Å². The number of hydrogen-bond acceptors (Lipinski definition) is 5. The molecule has 0 aliphatic carbocycles. The maximum absolute atomic E-state index is 13.3. The Balaban J connectivity index is 1.76. The fourth-order valence-corrected chi connectivity index (χ4v) is 4.63. The molecule has 0 saturated carbocycles. The third kappa shape index (κ3) is 6.04. The topological polar surface area (TPSA) is 96.0 Å². The van der Waals surface area contributed by atoms with Gasteiger partial charge in [0.2, 0.25) is 15.9 Å². The van der Waals surface area contributed by atoms with Crippen LogP contribution in [0.3, 0.4) is 0 Å². The number of carbonyl (C=O) groups excluding carboxylic acids is 2. The SMILES string of the molecule is CCOC(=O)N1CCN(C(=O)[C@@H](Cc2ccccc2)NS(=O)(=O)c2ccc(F)cc2)CC1. The zero-order valence-electron chi connectivity index (χ0n) is 17.7. The summed E-state index contributed by atoms with van der Waals surface area (Å²) < 4.78 is 46.4. The lowest BCUT2D eigenvalue weighted by atomic mass is 10.1. The molecule has 32 heavy (non-hydrogen) atoms. The Labute approximate surface area is 187 Å². The molecule has 0 radical (unpaired) electrons. The quantitative estimate of drug-likeness (QED) is 0.678. The van der Waals surface area contributed by atoms with Crippen molar-refractivity contribution in [3.63, 3.8) is 0 Å². The Morgan fingerprint density at radius 3 is 2.19 bits per heavy atom. The van der Waals surface area contributed by atoms with Gasteiger partial charge in [0.15, 0.2) is 0 Å². The number of amides is 2. The first-order valence-corrected chi connectivity index (χ1v) is 11.8. The predicted octanol–water partition coefficient (Wildman–Crippen LogP) is 2.02. The van der Waals surface area contributed by atoms with Gasteiger partial charge in [0.05, 0.1) is 11.5 Å². The van der Waals surface area contributed by atoms with Crippen molar-refractivity contribution in [3.05, 3.63) is 66.0 Å². The van der Waals surface area contributed by atoms with Crippen LogP contribution in [-0.4, -0.2) is 69.0 Å². The second-order valence-electron chi connectivity index (χ2n) is 7.33. The average Bonchev–Trinajstić information content (AvgIpc) is 2.79. The molecule has 3 rings (SSSR count). The molecule has 10 heteroatoms. The summed E-state index contributed by atoms with van der Waals surface area (Å²) in [7, 11) is -4.06. The molecule has 1 saturated heterocycles. The van der Waals surface area contributed by atoms with Crippen LogP contribution in [0.5, 0.6) is 0 Å². The van der Waals surface area contributed by atoms with Crippen molar-refractivity contribution in [3.8, 4) is 0 Å². The van der Waals surface area contributed by atoms with E-state index in [-0.39, 0.29) is 36.9 Å². The van der Waals surface area contributed by atoms with E-state index in [0.29, 0.717) is 13.1 Å². The Hall–Kier alpha value is -2.98. The number of ether oxygens (including phenoxy) is 1. The van der Waals surface area contributed by atoms with Crippen LogP contribution < -0.4 is 4.72 Å². The summed E-state index contributed by atoms with van der Waals surface area (Å²) in [5.41, 5.74) is 0.790. The minimum absolute atomic E-state index is 0.128. The molecule has 1 heterocycles. The molecule has 2 aromatic rings. The first kappa shape index (κ1) is 23.7. The molecule has 8 nitrogen and oxygen atoms in total. The third-order valence-corrected chi connectivity index (χ3v) is 6.61. The van der Waals surface area contributed by atoms with Gasteiger partial charge in [-0.3, -0.25) is 4.79 Å². The van der Waals surface area contributed by atoms with Gasteiger partial charge in [-0.1, -0.05) is 30.3 Å². The number of halogens is 1. The molecule has 1 aliphatic heterocycles. The van der Waals surface area contributed by atoms with Crippen LogP contribution in [0.2, 0.25) is 0 Å². The standard InChI is InChI=1S/C22H26FN3O5S/c1-2-31-22(28)26-14-12-25(13-15-26)21(27)20(16-17-6-4-3-5-7-17)24-32(29,30)19-10-8-18(23)9-11-19/h3-11,20,24H,2,12-16H2,1H3/t20-/m1/s1. The van der Waals surface area contributed by atoms with Crippen molar-refractivity contribution < 1.29 is 27.1 Å². The highest BCUT2D eigenvalue weighted by Gasteiger charge is 2.32. The molecule has 0 bridgehead atoms. The van der Waals surface area contributed by atoms with Gasteiger partial charge in [0.25, 0.3) is 0 Å². The third-order valence-electron chi connectivity index (χ3n) is 5.12. The van der Waals surface area contributed by atoms with Crippen molar-refractivity contribution in [1.82, 2.24) is 14.5 Å². The number of nitrogens with zero attached hydrogens (tertiary/aromatic N) is 2. The molecule has 1 aliphatic rings. The molecule has 0 aromatic heterocycles. The maximum Gasteiger partial charge on any atom is 0.409 e. The normalized spacial score (nSPS) is 15.3. The Bertz CT molecular complexity index is 1020. The lowest BCUT2D eigenvalue weighted by molar-refractivity contribution is -0.134. The van der Waals surface area contributed by atoms with Crippen LogP contribution in [-0.2, 0) is 26.0 Å². The molecular formula is C22H26FN3O5S. The second kappa shape index (κ2) is 10.6. The highest BCUT2D eigenvalue weighted by atomic mass is 32.2. The number of sulfonamides is 1. The monoisotopic (exact) mass is 463 g/mol. The van der Waals surface area contributed by atoms with Crippen molar-refractivity contribution in [2.75, 3.05) is 32.8 Å². The van der Waals surface area contributed by atoms with Gasteiger partial charge in [-0.15, -0.1) is 0 Å². The molecule has 1 atom stereocenters. The fraction of sp³-hybridized carbons (Fsp3) is 0.364. The van der Waals surface area contributed by atoms with Crippen molar-refractivity contribution in [1.29, 1.82) is 0 Å².